The monoisotopic (exact) mass is 749 g/mol. The fourth-order valence-electron chi connectivity index (χ4n) is 5.89. The summed E-state index contributed by atoms with van der Waals surface area (Å²) < 4.78 is 14.3. The highest BCUT2D eigenvalue weighted by Crippen LogP contribution is 2.32. The number of imidazole rings is 2. The van der Waals surface area contributed by atoms with Crippen LogP contribution in [0.1, 0.15) is 35.4 Å². The Kier molecular flexibility index (Phi) is 11.9. The maximum atomic E-state index is 11.6. The quantitative estimate of drug-likeness (QED) is 0.0783. The highest BCUT2D eigenvalue weighted by Gasteiger charge is 2.45. The van der Waals surface area contributed by atoms with Crippen molar-refractivity contribution in [1.82, 2.24) is 38.6 Å². The minimum Gasteiger partial charge on any atom is -0.396 e. The number of aliphatic hydroxyl groups is 7. The highest BCUT2D eigenvalue weighted by molar-refractivity contribution is 5.95. The average Bonchev–Trinajstić information content (AvgIpc) is 3.95. The van der Waals surface area contributed by atoms with Gasteiger partial charge < -0.3 is 67.0 Å². The number of nitrogens with two attached hydrogens (primary N) is 3. The summed E-state index contributed by atoms with van der Waals surface area (Å²) in [6, 6.07) is 1.15. The summed E-state index contributed by atoms with van der Waals surface area (Å²) in [6.45, 7) is -0.811. The van der Waals surface area contributed by atoms with Gasteiger partial charge in [0.2, 0.25) is 5.95 Å². The number of fused-ring (bicyclic) bond motifs is 1. The summed E-state index contributed by atoms with van der Waals surface area (Å²) in [7, 11) is 0. The first kappa shape index (κ1) is 38.9. The summed E-state index contributed by atoms with van der Waals surface area (Å²) in [5, 5.41) is 65.5. The van der Waals surface area contributed by atoms with E-state index in [1.807, 2.05) is 21.7 Å². The van der Waals surface area contributed by atoms with Crippen LogP contribution in [-0.4, -0.2) is 137 Å². The molecule has 0 radical (unpaired) electrons. The van der Waals surface area contributed by atoms with Crippen molar-refractivity contribution in [2.45, 2.75) is 61.5 Å². The summed E-state index contributed by atoms with van der Waals surface area (Å²) in [5.41, 5.74) is 15.2. The number of carbonyl (C=O) groups is 1. The molecule has 1 amide bonds. The standard InChI is InChI=1S/C11H13N5O2.C9H14N4O5.C9H12N2O6/c12-11-14-9-8(10(18)15-11)13-5-16(9)7-2-1-6(3-7)4-17;10-7-4(8(11)17)12-2-13(7)9-6(16)5(15)3(1-14)18-9;12-3-4-6(14)7(15)8(17-4)11-2-1-5(13)10-9(11)16/h1-2,5-7,17H,3-4H2,(H3,12,14,15,18);2-3,5-6,9,14-16H,1,10H2,(H2,11,17);1-2,4,6-8,12,14-15H,3H2,(H,10,13,16)/t6-,7+;3-,5-,6-,9-;4-,6-,7-,8-/m111/s1. The van der Waals surface area contributed by atoms with Crippen molar-refractivity contribution in [3.8, 4) is 0 Å². The van der Waals surface area contributed by atoms with E-state index in [1.165, 1.54) is 10.9 Å². The zero-order valence-corrected chi connectivity index (χ0v) is 27.6. The third kappa shape index (κ3) is 7.89. The molecule has 6 heterocycles. The Morgan fingerprint density at radius 2 is 1.43 bits per heavy atom. The minimum atomic E-state index is -1.35. The van der Waals surface area contributed by atoms with Crippen molar-refractivity contribution >= 4 is 28.8 Å². The molecular weight excluding hydrogens is 710 g/mol. The predicted octanol–water partition coefficient (Wildman–Crippen LogP) is -5.86. The number of carbonyl (C=O) groups excluding carboxylic acids is 1. The fraction of sp³-hybridized carbons (Fsp3) is 0.483. The lowest BCUT2D eigenvalue weighted by Crippen LogP contribution is -2.37. The first-order valence-corrected chi connectivity index (χ1v) is 15.9. The minimum absolute atomic E-state index is 0.0563. The van der Waals surface area contributed by atoms with Gasteiger partial charge in [-0.25, -0.2) is 14.8 Å². The number of allylic oxidation sites excluding steroid dienone is 1. The molecule has 0 bridgehead atoms. The number of hydrogen-bond acceptors (Lipinski definition) is 18. The van der Waals surface area contributed by atoms with E-state index in [-0.39, 0.29) is 47.1 Å². The Balaban J connectivity index is 0.000000153. The van der Waals surface area contributed by atoms with Crippen molar-refractivity contribution in [3.05, 3.63) is 74.0 Å². The molecule has 0 saturated carbocycles. The molecule has 4 aromatic rings. The van der Waals surface area contributed by atoms with E-state index in [2.05, 4.69) is 19.9 Å². The van der Waals surface area contributed by atoms with Gasteiger partial charge in [0, 0.05) is 24.8 Å². The molecule has 4 aromatic heterocycles. The normalized spacial score (nSPS) is 29.1. The molecule has 2 saturated heterocycles. The van der Waals surface area contributed by atoms with Crippen LogP contribution < -0.4 is 34.0 Å². The number of rotatable bonds is 7. The molecule has 53 heavy (non-hydrogen) atoms. The smallest absolute Gasteiger partial charge is 0.330 e. The van der Waals surface area contributed by atoms with Crippen molar-refractivity contribution < 1.29 is 50.0 Å². The largest absolute Gasteiger partial charge is 0.396 e. The number of aromatic amines is 2. The lowest BCUT2D eigenvalue weighted by Gasteiger charge is -2.17. The van der Waals surface area contributed by atoms with Crippen LogP contribution in [0.5, 0.6) is 0 Å². The Bertz CT molecular complexity index is 2110. The number of ether oxygens (including phenoxy) is 2. The Morgan fingerprint density at radius 1 is 0.830 bits per heavy atom. The van der Waals surface area contributed by atoms with Crippen molar-refractivity contribution in [2.75, 3.05) is 31.3 Å². The number of amides is 1. The topological polar surface area (TPSA) is 391 Å². The molecule has 15 N–H and O–H groups in total. The van der Waals surface area contributed by atoms with Gasteiger partial charge in [0.25, 0.3) is 17.0 Å². The number of hydrogen-bond donors (Lipinski definition) is 12. The van der Waals surface area contributed by atoms with Crippen LogP contribution in [0.25, 0.3) is 11.2 Å². The van der Waals surface area contributed by atoms with E-state index in [9.17, 15) is 39.6 Å². The van der Waals surface area contributed by atoms with Gasteiger partial charge in [-0.3, -0.25) is 33.5 Å². The molecule has 0 aromatic carbocycles. The van der Waals surface area contributed by atoms with Crippen LogP contribution in [0.15, 0.2) is 51.5 Å². The number of nitrogens with zero attached hydrogens (tertiary/aromatic N) is 6. The molecule has 1 aliphatic carbocycles. The van der Waals surface area contributed by atoms with Gasteiger partial charge >= 0.3 is 5.69 Å². The highest BCUT2D eigenvalue weighted by atomic mass is 16.6. The molecule has 24 nitrogen and oxygen atoms in total. The summed E-state index contributed by atoms with van der Waals surface area (Å²) >= 11 is 0. The zero-order chi connectivity index (χ0) is 38.7. The van der Waals surface area contributed by atoms with Crippen LogP contribution in [0, 0.1) is 5.92 Å². The predicted molar refractivity (Wildman–Crippen MR) is 178 cm³/mol. The van der Waals surface area contributed by atoms with Crippen molar-refractivity contribution in [1.29, 1.82) is 0 Å². The second kappa shape index (κ2) is 16.1. The van der Waals surface area contributed by atoms with Crippen molar-refractivity contribution in [2.24, 2.45) is 11.7 Å². The van der Waals surface area contributed by atoms with Crippen LogP contribution in [0.4, 0.5) is 11.8 Å². The third-order valence-corrected chi connectivity index (χ3v) is 8.69. The SMILES string of the molecule is NC(=O)c1ncn([C@@H]2O[C@H](CO)[C@@H](O)[C@H]2O)c1N.Nc1nc2c(ncn2[C@H]2C=C[C@@H](CO)C2)c(=O)[nH]1.O=c1ccn([C@@H]2O[C@H](CO)[C@@H](O)[C@H]2O)c(=O)[nH]1. The summed E-state index contributed by atoms with van der Waals surface area (Å²) in [4.78, 5) is 61.2. The molecule has 0 unspecified atom stereocenters. The first-order valence-electron chi connectivity index (χ1n) is 15.9. The molecule has 24 heteroatoms. The zero-order valence-electron chi connectivity index (χ0n) is 27.6. The van der Waals surface area contributed by atoms with E-state index in [1.54, 1.807) is 6.33 Å². The summed E-state index contributed by atoms with van der Waals surface area (Å²) in [5.74, 6) is -0.655. The van der Waals surface area contributed by atoms with E-state index < -0.39 is 79.4 Å². The van der Waals surface area contributed by atoms with E-state index in [0.717, 1.165) is 23.3 Å². The Labute approximate surface area is 296 Å². The number of nitrogen functional groups attached to an aromatic ring is 2. The number of primary amides is 1. The molecule has 2 aliphatic heterocycles. The lowest BCUT2D eigenvalue weighted by atomic mass is 10.1. The second-order valence-electron chi connectivity index (χ2n) is 12.1. The molecule has 288 valence electrons. The van der Waals surface area contributed by atoms with Gasteiger partial charge in [-0.05, 0) is 6.42 Å². The number of aliphatic hydroxyl groups excluding tert-OH is 7. The van der Waals surface area contributed by atoms with Gasteiger partial charge in [-0.15, -0.1) is 0 Å². The maximum Gasteiger partial charge on any atom is 0.330 e. The molecule has 0 spiro atoms. The second-order valence-corrected chi connectivity index (χ2v) is 12.1. The number of nitrogens with one attached hydrogen (secondary N) is 2. The van der Waals surface area contributed by atoms with Crippen LogP contribution in [0.3, 0.4) is 0 Å². The van der Waals surface area contributed by atoms with Gasteiger partial charge in [0.05, 0.1) is 31.9 Å². The van der Waals surface area contributed by atoms with Gasteiger partial charge in [-0.2, -0.15) is 4.98 Å². The number of H-pyrrole nitrogens is 2. The maximum absolute atomic E-state index is 11.6. The van der Waals surface area contributed by atoms with Crippen LogP contribution >= 0.6 is 0 Å². The van der Waals surface area contributed by atoms with Gasteiger partial charge in [-0.1, -0.05) is 12.2 Å². The molecule has 2 fully saturated rings. The van der Waals surface area contributed by atoms with Gasteiger partial charge in [0.15, 0.2) is 29.3 Å². The Morgan fingerprint density at radius 3 is 1.94 bits per heavy atom. The van der Waals surface area contributed by atoms with E-state index >= 15 is 0 Å². The molecule has 3 aliphatic rings. The molecule has 7 rings (SSSR count). The van der Waals surface area contributed by atoms with Crippen LogP contribution in [0.2, 0.25) is 0 Å². The first-order chi connectivity index (χ1) is 25.2. The number of anilines is 2. The van der Waals surface area contributed by atoms with Gasteiger partial charge in [0.1, 0.15) is 42.4 Å². The average molecular weight is 750 g/mol. The van der Waals surface area contributed by atoms with Crippen LogP contribution in [-0.2, 0) is 9.47 Å². The van der Waals surface area contributed by atoms with Crippen molar-refractivity contribution in [3.63, 3.8) is 0 Å². The third-order valence-electron chi connectivity index (χ3n) is 8.69. The summed E-state index contributed by atoms with van der Waals surface area (Å²) in [6.07, 6.45) is -0.595. The fourth-order valence-corrected chi connectivity index (χ4v) is 5.89. The Hall–Kier alpha value is -5.31. The molecular formula is C29H39N11O13. The van der Waals surface area contributed by atoms with E-state index in [0.29, 0.717) is 5.65 Å². The lowest BCUT2D eigenvalue weighted by molar-refractivity contribution is -0.0550. The van der Waals surface area contributed by atoms with E-state index in [4.69, 9.17) is 42.0 Å². The number of aromatic nitrogens is 8. The molecule has 10 atom stereocenters.